The van der Waals surface area contributed by atoms with Gasteiger partial charge in [0.25, 0.3) is 0 Å². The molecule has 8 N–H and O–H groups in total. The lowest BCUT2D eigenvalue weighted by Crippen LogP contribution is -2.48. The minimum absolute atomic E-state index is 0.149. The molecule has 0 amide bonds. The fourth-order valence-corrected chi connectivity index (χ4v) is 3.50. The summed E-state index contributed by atoms with van der Waals surface area (Å²) in [6.45, 7) is 9.88. The van der Waals surface area contributed by atoms with E-state index >= 15 is 0 Å². The molecule has 1 aliphatic rings. The van der Waals surface area contributed by atoms with Crippen molar-refractivity contribution in [3.8, 4) is 0 Å². The van der Waals surface area contributed by atoms with Crippen LogP contribution in [-0.4, -0.2) is 75.7 Å². The third kappa shape index (κ3) is 7.95. The smallest absolute Gasteiger partial charge is 0.351 e. The summed E-state index contributed by atoms with van der Waals surface area (Å²) in [4.78, 5) is 54.6. The predicted octanol–water partition coefficient (Wildman–Crippen LogP) is -0.741. The van der Waals surface area contributed by atoms with E-state index in [1.54, 1.807) is 47.0 Å². The number of nitrogens with one attached hydrogen (secondary N) is 1. The van der Waals surface area contributed by atoms with E-state index in [0.29, 0.717) is 0 Å². The minimum atomic E-state index is -1.42. The predicted molar refractivity (Wildman–Crippen MR) is 137 cm³/mol. The molecule has 220 valence electrons. The van der Waals surface area contributed by atoms with Crippen LogP contribution < -0.4 is 28.4 Å². The first-order valence-corrected chi connectivity index (χ1v) is 12.7. The van der Waals surface area contributed by atoms with Crippen molar-refractivity contribution in [1.29, 1.82) is 0 Å². The summed E-state index contributed by atoms with van der Waals surface area (Å²) in [7, 11) is 0. The zero-order valence-electron chi connectivity index (χ0n) is 23.0. The number of aromatic nitrogens is 2. The van der Waals surface area contributed by atoms with Crippen LogP contribution in [0.3, 0.4) is 0 Å². The van der Waals surface area contributed by atoms with Gasteiger partial charge in [-0.15, -0.1) is 0 Å². The first kappa shape index (κ1) is 32.1. The second kappa shape index (κ2) is 13.8. The molecule has 0 radical (unpaired) electrons. The van der Waals surface area contributed by atoms with Gasteiger partial charge in [0.2, 0.25) is 0 Å². The van der Waals surface area contributed by atoms with Gasteiger partial charge >= 0.3 is 23.6 Å². The van der Waals surface area contributed by atoms with Crippen LogP contribution in [0.2, 0.25) is 0 Å². The minimum Gasteiger partial charge on any atom is -0.462 e. The second-order valence-corrected chi connectivity index (χ2v) is 10.4. The Kier molecular flexibility index (Phi) is 11.4. The monoisotopic (exact) mass is 556 g/mol. The zero-order valence-corrected chi connectivity index (χ0v) is 23.0. The van der Waals surface area contributed by atoms with Gasteiger partial charge in [-0.3, -0.25) is 29.6 Å². The van der Waals surface area contributed by atoms with Crippen LogP contribution in [0.25, 0.3) is 0 Å². The third-order valence-electron chi connectivity index (χ3n) is 6.37. The van der Waals surface area contributed by atoms with E-state index in [4.69, 9.17) is 41.4 Å². The average Bonchev–Trinajstić information content (AvgIpc) is 3.21. The topological polar surface area (TPSA) is 233 Å². The Labute approximate surface area is 226 Å². The standard InChI is InChI=1S/C24H40N6O9/c1-10(2)15(25)21(31)36-9-13-18(38-22(32)16(26)11(3)4)19(39-23(33)17(27)12(5)6)20(37-13)30-8-7-14(29-35)28-24(30)34/h7-8,10-13,15-20,35H,9,25-27H2,1-6H3,(H,28,29,34)/t13-,15+,16+,17+,18-,19-,20-/m1/s1. The quantitative estimate of drug-likeness (QED) is 0.121. The number of ether oxygens (including phenoxy) is 4. The number of anilines is 1. The van der Waals surface area contributed by atoms with E-state index in [-0.39, 0.29) is 23.6 Å². The van der Waals surface area contributed by atoms with Crippen LogP contribution in [0.1, 0.15) is 47.8 Å². The molecule has 0 saturated carbocycles. The van der Waals surface area contributed by atoms with Gasteiger partial charge in [0.05, 0.1) is 0 Å². The van der Waals surface area contributed by atoms with Crippen molar-refractivity contribution < 1.29 is 38.5 Å². The van der Waals surface area contributed by atoms with Gasteiger partial charge in [0, 0.05) is 6.20 Å². The molecule has 1 fully saturated rings. The van der Waals surface area contributed by atoms with Gasteiger partial charge < -0.3 is 36.1 Å². The lowest BCUT2D eigenvalue weighted by molar-refractivity contribution is -0.172. The summed E-state index contributed by atoms with van der Waals surface area (Å²) in [6, 6.07) is -1.75. The van der Waals surface area contributed by atoms with Crippen molar-refractivity contribution in [3.05, 3.63) is 22.7 Å². The molecule has 2 heterocycles. The van der Waals surface area contributed by atoms with E-state index in [1.165, 1.54) is 12.3 Å². The molecule has 1 aromatic rings. The summed E-state index contributed by atoms with van der Waals surface area (Å²) in [6.07, 6.45) is -4.13. The Hall–Kier alpha value is -3.11. The SMILES string of the molecule is CC(C)[C@H](N)C(=O)OC[C@H]1O[C@@H](n2ccc(NO)nc2=O)[C@H](OC(=O)[C@@H](N)C(C)C)[C@@H]1OC(=O)[C@@H](N)C(C)C. The van der Waals surface area contributed by atoms with Gasteiger partial charge in [-0.2, -0.15) is 4.98 Å². The number of rotatable bonds is 12. The maximum Gasteiger partial charge on any atom is 0.351 e. The third-order valence-corrected chi connectivity index (χ3v) is 6.37. The van der Waals surface area contributed by atoms with E-state index < -0.39 is 72.9 Å². The Morgan fingerprint density at radius 2 is 1.44 bits per heavy atom. The number of nitrogens with zero attached hydrogens (tertiary/aromatic N) is 2. The number of hydrogen-bond donors (Lipinski definition) is 5. The average molecular weight is 557 g/mol. The van der Waals surface area contributed by atoms with Crippen molar-refractivity contribution in [1.82, 2.24) is 9.55 Å². The van der Waals surface area contributed by atoms with Crippen LogP contribution >= 0.6 is 0 Å². The number of nitrogens with two attached hydrogens (primary N) is 3. The molecule has 15 heteroatoms. The van der Waals surface area contributed by atoms with E-state index in [0.717, 1.165) is 4.57 Å². The van der Waals surface area contributed by atoms with Crippen LogP contribution in [-0.2, 0) is 33.3 Å². The Bertz CT molecular complexity index is 1060. The van der Waals surface area contributed by atoms with Crippen molar-refractivity contribution >= 4 is 23.7 Å². The van der Waals surface area contributed by atoms with Crippen molar-refractivity contribution in [2.75, 3.05) is 12.1 Å². The molecule has 0 aromatic carbocycles. The lowest BCUT2D eigenvalue weighted by Gasteiger charge is -2.28. The van der Waals surface area contributed by atoms with Crippen molar-refractivity contribution in [3.63, 3.8) is 0 Å². The van der Waals surface area contributed by atoms with E-state index in [2.05, 4.69) is 4.98 Å². The molecule has 1 aliphatic heterocycles. The highest BCUT2D eigenvalue weighted by molar-refractivity contribution is 5.77. The van der Waals surface area contributed by atoms with Crippen molar-refractivity contribution in [2.24, 2.45) is 35.0 Å². The first-order valence-electron chi connectivity index (χ1n) is 12.7. The van der Waals surface area contributed by atoms with Gasteiger partial charge in [0.15, 0.2) is 24.3 Å². The molecular formula is C24H40N6O9. The maximum atomic E-state index is 12.9. The van der Waals surface area contributed by atoms with E-state index in [9.17, 15) is 19.2 Å². The number of carbonyl (C=O) groups excluding carboxylic acids is 3. The summed E-state index contributed by atoms with van der Waals surface area (Å²) in [5.41, 5.74) is 18.7. The summed E-state index contributed by atoms with van der Waals surface area (Å²) in [5.74, 6) is -3.36. The summed E-state index contributed by atoms with van der Waals surface area (Å²) < 4.78 is 23.6. The molecule has 39 heavy (non-hydrogen) atoms. The molecule has 7 atom stereocenters. The van der Waals surface area contributed by atoms with Gasteiger partial charge in [-0.25, -0.2) is 4.79 Å². The molecule has 0 unspecified atom stereocenters. The van der Waals surface area contributed by atoms with Crippen molar-refractivity contribution in [2.45, 2.75) is 84.2 Å². The second-order valence-electron chi connectivity index (χ2n) is 10.4. The van der Waals surface area contributed by atoms with E-state index in [1.807, 2.05) is 0 Å². The summed E-state index contributed by atoms with van der Waals surface area (Å²) in [5, 5.41) is 9.08. The Morgan fingerprint density at radius 3 is 1.90 bits per heavy atom. The van der Waals surface area contributed by atoms with Gasteiger partial charge in [-0.05, 0) is 23.8 Å². The number of carbonyl (C=O) groups is 3. The normalized spacial score (nSPS) is 23.4. The molecule has 1 aromatic heterocycles. The number of hydrogen-bond acceptors (Lipinski definition) is 14. The molecule has 0 bridgehead atoms. The molecule has 1 saturated heterocycles. The lowest BCUT2D eigenvalue weighted by atomic mass is 10.0. The molecular weight excluding hydrogens is 516 g/mol. The fourth-order valence-electron chi connectivity index (χ4n) is 3.50. The van der Waals surface area contributed by atoms with Crippen LogP contribution in [0, 0.1) is 17.8 Å². The molecule has 15 nitrogen and oxygen atoms in total. The first-order chi connectivity index (χ1) is 18.2. The zero-order chi connectivity index (χ0) is 29.6. The summed E-state index contributed by atoms with van der Waals surface area (Å²) >= 11 is 0. The molecule has 0 spiro atoms. The molecule has 0 aliphatic carbocycles. The Morgan fingerprint density at radius 1 is 0.949 bits per heavy atom. The largest absolute Gasteiger partial charge is 0.462 e. The molecule has 2 rings (SSSR count). The maximum absolute atomic E-state index is 12.9. The van der Waals surface area contributed by atoms with Crippen LogP contribution in [0.5, 0.6) is 0 Å². The van der Waals surface area contributed by atoms with Gasteiger partial charge in [0.1, 0.15) is 30.8 Å². The highest BCUT2D eigenvalue weighted by atomic mass is 16.7. The van der Waals surface area contributed by atoms with Gasteiger partial charge in [-0.1, -0.05) is 41.5 Å². The van der Waals surface area contributed by atoms with Crippen LogP contribution in [0.4, 0.5) is 5.82 Å². The highest BCUT2D eigenvalue weighted by Crippen LogP contribution is 2.34. The fraction of sp³-hybridized carbons (Fsp3) is 0.708. The Balaban J connectivity index is 2.51. The highest BCUT2D eigenvalue weighted by Gasteiger charge is 2.52. The van der Waals surface area contributed by atoms with Crippen LogP contribution in [0.15, 0.2) is 17.1 Å². The number of esters is 3.